The number of rotatable bonds is 7. The fourth-order valence-corrected chi connectivity index (χ4v) is 2.52. The first-order chi connectivity index (χ1) is 8.50. The van der Waals surface area contributed by atoms with Crippen molar-refractivity contribution in [2.45, 2.75) is 64.0 Å². The number of hydrogen-bond acceptors (Lipinski definition) is 3. The molecule has 1 aliphatic carbocycles. The Bertz CT molecular complexity index is 286. The standard InChI is InChI=1S/C13H25N3O2/c1-10(14)5-4-8-13(18)16(9-12(15)17)11-6-2-3-7-11/h10-11H,2-9,14H2,1H3,(H2,15,17). The summed E-state index contributed by atoms with van der Waals surface area (Å²) < 4.78 is 0. The second-order valence-electron chi connectivity index (χ2n) is 5.30. The lowest BCUT2D eigenvalue weighted by molar-refractivity contribution is -0.137. The van der Waals surface area contributed by atoms with Gasteiger partial charge >= 0.3 is 0 Å². The molecule has 1 rings (SSSR count). The topological polar surface area (TPSA) is 89.4 Å². The number of hydrogen-bond donors (Lipinski definition) is 2. The zero-order chi connectivity index (χ0) is 13.5. The van der Waals surface area contributed by atoms with Gasteiger partial charge in [-0.1, -0.05) is 12.8 Å². The summed E-state index contributed by atoms with van der Waals surface area (Å²) in [5.74, 6) is -0.385. The van der Waals surface area contributed by atoms with Gasteiger partial charge in [-0.05, 0) is 32.6 Å². The van der Waals surface area contributed by atoms with Crippen molar-refractivity contribution >= 4 is 11.8 Å². The molecule has 104 valence electrons. The number of primary amides is 1. The predicted molar refractivity (Wildman–Crippen MR) is 70.7 cm³/mol. The van der Waals surface area contributed by atoms with Crippen molar-refractivity contribution in [2.75, 3.05) is 6.54 Å². The quantitative estimate of drug-likeness (QED) is 0.703. The summed E-state index contributed by atoms with van der Waals surface area (Å²) in [4.78, 5) is 24.9. The molecule has 1 atom stereocenters. The highest BCUT2D eigenvalue weighted by Gasteiger charge is 2.27. The fourth-order valence-electron chi connectivity index (χ4n) is 2.52. The molecule has 18 heavy (non-hydrogen) atoms. The van der Waals surface area contributed by atoms with E-state index < -0.39 is 5.91 Å². The highest BCUT2D eigenvalue weighted by Crippen LogP contribution is 2.24. The van der Waals surface area contributed by atoms with E-state index in [4.69, 9.17) is 11.5 Å². The molecule has 0 saturated heterocycles. The van der Waals surface area contributed by atoms with Crippen molar-refractivity contribution in [3.8, 4) is 0 Å². The van der Waals surface area contributed by atoms with Gasteiger partial charge in [0.2, 0.25) is 11.8 Å². The summed E-state index contributed by atoms with van der Waals surface area (Å²) in [7, 11) is 0. The van der Waals surface area contributed by atoms with Crippen LogP contribution in [0.4, 0.5) is 0 Å². The molecule has 0 heterocycles. The minimum absolute atomic E-state index is 0.0429. The normalized spacial score (nSPS) is 17.7. The van der Waals surface area contributed by atoms with Crippen LogP contribution in [-0.2, 0) is 9.59 Å². The van der Waals surface area contributed by atoms with Crippen molar-refractivity contribution in [3.05, 3.63) is 0 Å². The van der Waals surface area contributed by atoms with Gasteiger partial charge < -0.3 is 16.4 Å². The van der Waals surface area contributed by atoms with E-state index in [9.17, 15) is 9.59 Å². The number of carbonyl (C=O) groups excluding carboxylic acids is 2. The lowest BCUT2D eigenvalue weighted by Crippen LogP contribution is -2.44. The van der Waals surface area contributed by atoms with Gasteiger partial charge in [-0.3, -0.25) is 9.59 Å². The predicted octanol–water partition coefficient (Wildman–Crippen LogP) is 0.760. The van der Waals surface area contributed by atoms with Crippen molar-refractivity contribution in [1.82, 2.24) is 4.90 Å². The van der Waals surface area contributed by atoms with Crippen LogP contribution in [0.15, 0.2) is 0 Å². The van der Waals surface area contributed by atoms with Crippen LogP contribution in [0.5, 0.6) is 0 Å². The third kappa shape index (κ3) is 5.04. The van der Waals surface area contributed by atoms with Crippen LogP contribution in [0.1, 0.15) is 51.9 Å². The Balaban J connectivity index is 2.47. The average Bonchev–Trinajstić information content (AvgIpc) is 2.78. The number of amides is 2. The highest BCUT2D eigenvalue weighted by atomic mass is 16.2. The van der Waals surface area contributed by atoms with E-state index in [0.717, 1.165) is 38.5 Å². The summed E-state index contributed by atoms with van der Waals surface area (Å²) in [6.07, 6.45) is 6.32. The molecule has 1 aliphatic rings. The second kappa shape index (κ2) is 7.36. The summed E-state index contributed by atoms with van der Waals surface area (Å²) >= 11 is 0. The van der Waals surface area contributed by atoms with E-state index in [1.54, 1.807) is 4.90 Å². The molecule has 0 aromatic heterocycles. The number of carbonyl (C=O) groups is 2. The van der Waals surface area contributed by atoms with E-state index in [0.29, 0.717) is 6.42 Å². The van der Waals surface area contributed by atoms with E-state index in [1.165, 1.54) is 0 Å². The highest BCUT2D eigenvalue weighted by molar-refractivity contribution is 5.84. The van der Waals surface area contributed by atoms with Crippen LogP contribution < -0.4 is 11.5 Å². The Labute approximate surface area is 109 Å². The average molecular weight is 255 g/mol. The van der Waals surface area contributed by atoms with E-state index in [2.05, 4.69) is 0 Å². The van der Waals surface area contributed by atoms with Crippen molar-refractivity contribution in [2.24, 2.45) is 11.5 Å². The summed E-state index contributed by atoms with van der Waals surface area (Å²) in [6.45, 7) is 1.99. The molecule has 0 aromatic carbocycles. The SMILES string of the molecule is CC(N)CCCC(=O)N(CC(N)=O)C1CCCC1. The summed E-state index contributed by atoms with van der Waals surface area (Å²) in [5.41, 5.74) is 10.9. The number of nitrogens with zero attached hydrogens (tertiary/aromatic N) is 1. The second-order valence-corrected chi connectivity index (χ2v) is 5.30. The third-order valence-corrected chi connectivity index (χ3v) is 3.46. The molecule has 5 nitrogen and oxygen atoms in total. The molecule has 2 amide bonds. The van der Waals surface area contributed by atoms with Gasteiger partial charge in [0.05, 0.1) is 6.54 Å². The van der Waals surface area contributed by atoms with Crippen molar-refractivity contribution in [1.29, 1.82) is 0 Å². The minimum Gasteiger partial charge on any atom is -0.368 e. The zero-order valence-corrected chi connectivity index (χ0v) is 11.2. The largest absolute Gasteiger partial charge is 0.368 e. The van der Waals surface area contributed by atoms with Crippen LogP contribution in [0.25, 0.3) is 0 Å². The molecule has 1 saturated carbocycles. The van der Waals surface area contributed by atoms with Gasteiger partial charge in [0.25, 0.3) is 0 Å². The molecule has 0 bridgehead atoms. The molecule has 1 fully saturated rings. The maximum atomic E-state index is 12.1. The summed E-state index contributed by atoms with van der Waals surface area (Å²) in [6, 6.07) is 0.328. The number of nitrogens with two attached hydrogens (primary N) is 2. The molecular formula is C13H25N3O2. The molecule has 5 heteroatoms. The first-order valence-corrected chi connectivity index (χ1v) is 6.84. The lowest BCUT2D eigenvalue weighted by Gasteiger charge is -2.28. The van der Waals surface area contributed by atoms with Crippen LogP contribution in [0.2, 0.25) is 0 Å². The van der Waals surface area contributed by atoms with Gasteiger partial charge in [0.1, 0.15) is 0 Å². The first-order valence-electron chi connectivity index (χ1n) is 6.84. The molecule has 0 aliphatic heterocycles. The van der Waals surface area contributed by atoms with Crippen molar-refractivity contribution in [3.63, 3.8) is 0 Å². The van der Waals surface area contributed by atoms with Crippen LogP contribution in [-0.4, -0.2) is 35.3 Å². The molecular weight excluding hydrogens is 230 g/mol. The summed E-state index contributed by atoms with van der Waals surface area (Å²) in [5, 5.41) is 0. The Hall–Kier alpha value is -1.10. The lowest BCUT2D eigenvalue weighted by atomic mass is 10.1. The van der Waals surface area contributed by atoms with Crippen molar-refractivity contribution < 1.29 is 9.59 Å². The van der Waals surface area contributed by atoms with Crippen LogP contribution in [0, 0.1) is 0 Å². The van der Waals surface area contributed by atoms with Crippen LogP contribution >= 0.6 is 0 Å². The Morgan fingerprint density at radius 2 is 1.94 bits per heavy atom. The Morgan fingerprint density at radius 3 is 2.44 bits per heavy atom. The third-order valence-electron chi connectivity index (χ3n) is 3.46. The maximum absolute atomic E-state index is 12.1. The van der Waals surface area contributed by atoms with Gasteiger partial charge in [-0.2, -0.15) is 0 Å². The van der Waals surface area contributed by atoms with Gasteiger partial charge in [0, 0.05) is 18.5 Å². The van der Waals surface area contributed by atoms with Gasteiger partial charge in [-0.15, -0.1) is 0 Å². The zero-order valence-electron chi connectivity index (χ0n) is 11.2. The molecule has 1 unspecified atom stereocenters. The van der Waals surface area contributed by atoms with E-state index in [-0.39, 0.29) is 24.5 Å². The van der Waals surface area contributed by atoms with Gasteiger partial charge in [-0.25, -0.2) is 0 Å². The molecule has 4 N–H and O–H groups in total. The Morgan fingerprint density at radius 1 is 1.33 bits per heavy atom. The first kappa shape index (κ1) is 15.0. The smallest absolute Gasteiger partial charge is 0.237 e. The molecule has 0 radical (unpaired) electrons. The molecule has 0 aromatic rings. The molecule has 0 spiro atoms. The van der Waals surface area contributed by atoms with Gasteiger partial charge in [0.15, 0.2) is 0 Å². The fraction of sp³-hybridized carbons (Fsp3) is 0.846. The van der Waals surface area contributed by atoms with E-state index >= 15 is 0 Å². The Kier molecular flexibility index (Phi) is 6.12. The monoisotopic (exact) mass is 255 g/mol. The maximum Gasteiger partial charge on any atom is 0.237 e. The van der Waals surface area contributed by atoms with Crippen LogP contribution in [0.3, 0.4) is 0 Å². The van der Waals surface area contributed by atoms with E-state index in [1.807, 2.05) is 6.92 Å². The minimum atomic E-state index is -0.428.